The molecule has 1 aromatic rings. The van der Waals surface area contributed by atoms with Gasteiger partial charge in [0.2, 0.25) is 0 Å². The minimum Gasteiger partial charge on any atom is -0.493 e. The van der Waals surface area contributed by atoms with E-state index in [1.807, 2.05) is 17.8 Å². The first-order valence-electron chi connectivity index (χ1n) is 7.09. The Hall–Kier alpha value is -0.740. The first-order chi connectivity index (χ1) is 9.33. The van der Waals surface area contributed by atoms with Crippen molar-refractivity contribution in [2.75, 3.05) is 18.1 Å². The summed E-state index contributed by atoms with van der Waals surface area (Å²) in [6.45, 7) is 0.690. The van der Waals surface area contributed by atoms with E-state index in [-0.39, 0.29) is 5.82 Å². The first kappa shape index (κ1) is 13.3. The monoisotopic (exact) mass is 281 g/mol. The zero-order valence-electron chi connectivity index (χ0n) is 11.0. The maximum Gasteiger partial charge on any atom is 0.126 e. The summed E-state index contributed by atoms with van der Waals surface area (Å²) in [6, 6.07) is 5.85. The van der Waals surface area contributed by atoms with Crippen LogP contribution in [0.15, 0.2) is 18.2 Å². The number of hydrogen-bond donors (Lipinski definition) is 1. The molecule has 104 valence electrons. The predicted octanol–water partition coefficient (Wildman–Crippen LogP) is 3.52. The minimum atomic E-state index is -0.214. The molecular weight excluding hydrogens is 261 g/mol. The number of rotatable bonds is 2. The second-order valence-electron chi connectivity index (χ2n) is 5.28. The van der Waals surface area contributed by atoms with Crippen molar-refractivity contribution in [2.24, 2.45) is 0 Å². The number of fused-ring (bicyclic) bond motifs is 1. The van der Waals surface area contributed by atoms with Gasteiger partial charge >= 0.3 is 0 Å². The van der Waals surface area contributed by atoms with Crippen LogP contribution in [-0.4, -0.2) is 24.2 Å². The van der Waals surface area contributed by atoms with Gasteiger partial charge in [0.15, 0.2) is 0 Å². The summed E-state index contributed by atoms with van der Waals surface area (Å²) in [5, 5.41) is 3.76. The molecule has 1 fully saturated rings. The van der Waals surface area contributed by atoms with E-state index in [9.17, 15) is 4.39 Å². The van der Waals surface area contributed by atoms with Gasteiger partial charge in [0.1, 0.15) is 11.6 Å². The molecule has 3 rings (SSSR count). The van der Waals surface area contributed by atoms with E-state index < -0.39 is 0 Å². The average molecular weight is 281 g/mol. The summed E-state index contributed by atoms with van der Waals surface area (Å²) >= 11 is 2.04. The normalized spacial score (nSPS) is 24.4. The Labute approximate surface area is 118 Å². The third-order valence-corrected chi connectivity index (χ3v) is 4.95. The lowest BCUT2D eigenvalue weighted by Crippen LogP contribution is -2.35. The van der Waals surface area contributed by atoms with E-state index in [1.54, 1.807) is 6.07 Å². The van der Waals surface area contributed by atoms with E-state index in [0.717, 1.165) is 24.2 Å². The molecule has 2 nitrogen and oxygen atoms in total. The molecular formula is C15H20FNOS. The Balaban J connectivity index is 1.77. The van der Waals surface area contributed by atoms with E-state index in [4.69, 9.17) is 4.74 Å². The van der Waals surface area contributed by atoms with Gasteiger partial charge in [-0.25, -0.2) is 4.39 Å². The van der Waals surface area contributed by atoms with Crippen LogP contribution in [-0.2, 0) is 0 Å². The molecule has 2 aliphatic heterocycles. The van der Waals surface area contributed by atoms with Crippen molar-refractivity contribution in [3.63, 3.8) is 0 Å². The van der Waals surface area contributed by atoms with Crippen molar-refractivity contribution in [2.45, 2.75) is 37.8 Å². The molecule has 1 N–H and O–H groups in total. The summed E-state index contributed by atoms with van der Waals surface area (Å²) in [5.41, 5.74) is 1.12. The Kier molecular flexibility index (Phi) is 4.28. The van der Waals surface area contributed by atoms with Gasteiger partial charge in [-0.05, 0) is 43.3 Å². The van der Waals surface area contributed by atoms with Crippen molar-refractivity contribution in [3.05, 3.63) is 29.6 Å². The summed E-state index contributed by atoms with van der Waals surface area (Å²) in [7, 11) is 0. The number of thioether (sulfide) groups is 1. The smallest absolute Gasteiger partial charge is 0.126 e. The Bertz CT molecular complexity index is 434. The molecule has 2 aliphatic rings. The lowest BCUT2D eigenvalue weighted by atomic mass is 9.99. The van der Waals surface area contributed by atoms with Crippen molar-refractivity contribution in [1.82, 2.24) is 5.32 Å². The SMILES string of the molecule is Fc1ccc2c(c1)OCCCC2NC1CCSCC1. The van der Waals surface area contributed by atoms with Gasteiger partial charge in [-0.3, -0.25) is 0 Å². The highest BCUT2D eigenvalue weighted by molar-refractivity contribution is 7.99. The Morgan fingerprint density at radius 2 is 2.05 bits per heavy atom. The molecule has 0 spiro atoms. The number of nitrogens with one attached hydrogen (secondary N) is 1. The van der Waals surface area contributed by atoms with Crippen molar-refractivity contribution in [1.29, 1.82) is 0 Å². The van der Waals surface area contributed by atoms with Gasteiger partial charge < -0.3 is 10.1 Å². The summed E-state index contributed by atoms with van der Waals surface area (Å²) < 4.78 is 19.0. The van der Waals surface area contributed by atoms with Crippen LogP contribution in [0.3, 0.4) is 0 Å². The highest BCUT2D eigenvalue weighted by atomic mass is 32.2. The molecule has 0 bridgehead atoms. The van der Waals surface area contributed by atoms with Crippen LogP contribution in [0.25, 0.3) is 0 Å². The van der Waals surface area contributed by atoms with Gasteiger partial charge in [-0.1, -0.05) is 6.07 Å². The summed E-state index contributed by atoms with van der Waals surface area (Å²) in [6.07, 6.45) is 4.56. The minimum absolute atomic E-state index is 0.214. The largest absolute Gasteiger partial charge is 0.493 e. The van der Waals surface area contributed by atoms with Gasteiger partial charge in [0.05, 0.1) is 6.61 Å². The average Bonchev–Trinajstić information content (AvgIpc) is 2.62. The second kappa shape index (κ2) is 6.14. The fraction of sp³-hybridized carbons (Fsp3) is 0.600. The Morgan fingerprint density at radius 1 is 1.21 bits per heavy atom. The number of hydrogen-bond acceptors (Lipinski definition) is 3. The Morgan fingerprint density at radius 3 is 2.89 bits per heavy atom. The van der Waals surface area contributed by atoms with Gasteiger partial charge in [0, 0.05) is 23.7 Å². The summed E-state index contributed by atoms with van der Waals surface area (Å²) in [4.78, 5) is 0. The molecule has 1 aromatic carbocycles. The van der Waals surface area contributed by atoms with E-state index in [0.29, 0.717) is 18.7 Å². The molecule has 0 radical (unpaired) electrons. The van der Waals surface area contributed by atoms with Crippen molar-refractivity contribution >= 4 is 11.8 Å². The zero-order valence-corrected chi connectivity index (χ0v) is 11.8. The molecule has 0 amide bonds. The fourth-order valence-corrected chi connectivity index (χ4v) is 3.97. The summed E-state index contributed by atoms with van der Waals surface area (Å²) in [5.74, 6) is 3.00. The van der Waals surface area contributed by atoms with E-state index in [2.05, 4.69) is 5.32 Å². The quantitative estimate of drug-likeness (QED) is 0.896. The van der Waals surface area contributed by atoms with Gasteiger partial charge in [0.25, 0.3) is 0 Å². The van der Waals surface area contributed by atoms with Crippen LogP contribution in [0.1, 0.15) is 37.3 Å². The third-order valence-electron chi connectivity index (χ3n) is 3.90. The molecule has 2 heterocycles. The standard InChI is InChI=1S/C15H20FNOS/c16-11-3-4-13-14(2-1-7-18-15(13)10-11)17-12-5-8-19-9-6-12/h3-4,10,12,14,17H,1-2,5-9H2. The molecule has 4 heteroatoms. The lowest BCUT2D eigenvalue weighted by Gasteiger charge is -2.28. The second-order valence-corrected chi connectivity index (χ2v) is 6.50. The molecule has 1 unspecified atom stereocenters. The highest BCUT2D eigenvalue weighted by Gasteiger charge is 2.23. The van der Waals surface area contributed by atoms with Gasteiger partial charge in [-0.15, -0.1) is 0 Å². The highest BCUT2D eigenvalue weighted by Crippen LogP contribution is 2.33. The third kappa shape index (κ3) is 3.23. The molecule has 19 heavy (non-hydrogen) atoms. The van der Waals surface area contributed by atoms with E-state index >= 15 is 0 Å². The molecule has 1 atom stereocenters. The maximum atomic E-state index is 13.3. The number of benzene rings is 1. The fourth-order valence-electron chi connectivity index (χ4n) is 2.87. The number of halogens is 1. The van der Waals surface area contributed by atoms with Crippen LogP contribution in [0.4, 0.5) is 4.39 Å². The van der Waals surface area contributed by atoms with Crippen LogP contribution >= 0.6 is 11.8 Å². The van der Waals surface area contributed by atoms with Crippen LogP contribution in [0.5, 0.6) is 5.75 Å². The van der Waals surface area contributed by atoms with Crippen LogP contribution in [0, 0.1) is 5.82 Å². The van der Waals surface area contributed by atoms with Crippen LogP contribution in [0.2, 0.25) is 0 Å². The number of ether oxygens (including phenoxy) is 1. The first-order valence-corrected chi connectivity index (χ1v) is 8.24. The molecule has 0 aromatic heterocycles. The molecule has 0 saturated carbocycles. The van der Waals surface area contributed by atoms with Gasteiger partial charge in [-0.2, -0.15) is 11.8 Å². The molecule has 0 aliphatic carbocycles. The lowest BCUT2D eigenvalue weighted by molar-refractivity contribution is 0.312. The van der Waals surface area contributed by atoms with Crippen molar-refractivity contribution < 1.29 is 9.13 Å². The topological polar surface area (TPSA) is 21.3 Å². The predicted molar refractivity (Wildman–Crippen MR) is 77.4 cm³/mol. The maximum absolute atomic E-state index is 13.3. The zero-order chi connectivity index (χ0) is 13.1. The van der Waals surface area contributed by atoms with E-state index in [1.165, 1.54) is 30.4 Å². The van der Waals surface area contributed by atoms with Crippen molar-refractivity contribution in [3.8, 4) is 5.75 Å². The van der Waals surface area contributed by atoms with Crippen LogP contribution < -0.4 is 10.1 Å². The molecule has 1 saturated heterocycles.